The van der Waals surface area contributed by atoms with Crippen molar-refractivity contribution < 1.29 is 8.42 Å². The third kappa shape index (κ3) is 2.77. The Bertz CT molecular complexity index is 444. The maximum Gasteiger partial charge on any atom is 0.245 e. The first-order chi connectivity index (χ1) is 7.62. The number of aromatic nitrogens is 1. The zero-order chi connectivity index (χ0) is 12.0. The van der Waals surface area contributed by atoms with Crippen LogP contribution in [-0.4, -0.2) is 30.8 Å². The average molecular weight is 238 g/mol. The summed E-state index contributed by atoms with van der Waals surface area (Å²) in [5.74, 6) is 0. The summed E-state index contributed by atoms with van der Waals surface area (Å²) in [6.45, 7) is 7.57. The summed E-state index contributed by atoms with van der Waals surface area (Å²) >= 11 is 0. The lowest BCUT2D eigenvalue weighted by atomic mass is 10.5. The van der Waals surface area contributed by atoms with Crippen molar-refractivity contribution in [2.24, 2.45) is 0 Å². The molecule has 0 fully saturated rings. The molecule has 0 saturated carbocycles. The van der Waals surface area contributed by atoms with Gasteiger partial charge in [0.2, 0.25) is 10.0 Å². The van der Waals surface area contributed by atoms with Crippen LogP contribution in [0.5, 0.6) is 0 Å². The Morgan fingerprint density at radius 1 is 1.31 bits per heavy atom. The Labute approximate surface area is 96.0 Å². The predicted octanol–water partition coefficient (Wildman–Crippen LogP) is 1.44. The quantitative estimate of drug-likeness (QED) is 0.705. The summed E-state index contributed by atoms with van der Waals surface area (Å²) in [7, 11) is -3.50. The molecule has 16 heavy (non-hydrogen) atoms. The molecule has 0 spiro atoms. The normalized spacial score (nSPS) is 11.3. The summed E-state index contributed by atoms with van der Waals surface area (Å²) in [6, 6.07) is 3.11. The van der Waals surface area contributed by atoms with Crippen molar-refractivity contribution in [1.29, 1.82) is 0 Å². The first-order valence-corrected chi connectivity index (χ1v) is 6.19. The van der Waals surface area contributed by atoms with Crippen LogP contribution in [0.3, 0.4) is 0 Å². The summed E-state index contributed by atoms with van der Waals surface area (Å²) in [5.41, 5.74) is 0. The maximum atomic E-state index is 12.1. The van der Waals surface area contributed by atoms with Gasteiger partial charge in [0.15, 0.2) is 0 Å². The van der Waals surface area contributed by atoms with Gasteiger partial charge >= 0.3 is 0 Å². The number of rotatable bonds is 6. The average Bonchev–Trinajstić information content (AvgIpc) is 2.30. The Morgan fingerprint density at radius 2 is 1.94 bits per heavy atom. The number of hydrogen-bond acceptors (Lipinski definition) is 3. The van der Waals surface area contributed by atoms with E-state index < -0.39 is 10.0 Å². The van der Waals surface area contributed by atoms with Gasteiger partial charge in [0.1, 0.15) is 4.90 Å². The minimum atomic E-state index is -3.50. The molecular weight excluding hydrogens is 224 g/mol. The zero-order valence-electron chi connectivity index (χ0n) is 8.91. The van der Waals surface area contributed by atoms with E-state index in [0.29, 0.717) is 0 Å². The minimum Gasteiger partial charge on any atom is -0.263 e. The lowest BCUT2D eigenvalue weighted by molar-refractivity contribution is 0.474. The Kier molecular flexibility index (Phi) is 4.39. The van der Waals surface area contributed by atoms with Crippen LogP contribution in [0.1, 0.15) is 0 Å². The van der Waals surface area contributed by atoms with Crippen molar-refractivity contribution in [3.63, 3.8) is 0 Å². The third-order valence-electron chi connectivity index (χ3n) is 1.94. The first-order valence-electron chi connectivity index (χ1n) is 4.75. The number of pyridine rings is 1. The summed E-state index contributed by atoms with van der Waals surface area (Å²) in [5, 5.41) is 0. The molecule has 0 aromatic carbocycles. The molecule has 1 aromatic rings. The van der Waals surface area contributed by atoms with Crippen molar-refractivity contribution >= 4 is 10.0 Å². The van der Waals surface area contributed by atoms with E-state index in [1.54, 1.807) is 6.07 Å². The lowest BCUT2D eigenvalue weighted by Crippen LogP contribution is -2.31. The first kappa shape index (κ1) is 12.6. The van der Waals surface area contributed by atoms with Crippen molar-refractivity contribution in [2.75, 3.05) is 13.1 Å². The molecule has 0 aliphatic rings. The molecule has 1 heterocycles. The fourth-order valence-electron chi connectivity index (χ4n) is 1.21. The highest BCUT2D eigenvalue weighted by molar-refractivity contribution is 7.89. The number of sulfonamides is 1. The highest BCUT2D eigenvalue weighted by Gasteiger charge is 2.21. The molecule has 0 atom stereocenters. The van der Waals surface area contributed by atoms with Crippen LogP contribution in [0.15, 0.2) is 54.7 Å². The van der Waals surface area contributed by atoms with Gasteiger partial charge in [-0.3, -0.25) is 4.98 Å². The van der Waals surface area contributed by atoms with E-state index in [9.17, 15) is 8.42 Å². The van der Waals surface area contributed by atoms with Crippen LogP contribution in [0.4, 0.5) is 0 Å². The maximum absolute atomic E-state index is 12.1. The molecule has 0 N–H and O–H groups in total. The molecule has 0 unspecified atom stereocenters. The van der Waals surface area contributed by atoms with Crippen LogP contribution < -0.4 is 0 Å². The van der Waals surface area contributed by atoms with Crippen LogP contribution in [0.2, 0.25) is 0 Å². The van der Waals surface area contributed by atoms with E-state index >= 15 is 0 Å². The molecule has 5 heteroatoms. The second-order valence-electron chi connectivity index (χ2n) is 3.09. The second kappa shape index (κ2) is 5.58. The molecule has 1 aromatic heterocycles. The van der Waals surface area contributed by atoms with E-state index in [2.05, 4.69) is 18.1 Å². The standard InChI is InChI=1S/C11H14N2O2S/c1-3-8-13(9-4-2)16(14,15)11-6-5-7-12-10-11/h3-7,10H,1-2,8-9H2. The van der Waals surface area contributed by atoms with E-state index in [4.69, 9.17) is 0 Å². The van der Waals surface area contributed by atoms with E-state index in [0.717, 1.165) is 0 Å². The SMILES string of the molecule is C=CCN(CC=C)S(=O)(=O)c1cccnc1. The second-order valence-corrected chi connectivity index (χ2v) is 5.03. The number of nitrogens with zero attached hydrogens (tertiary/aromatic N) is 2. The Morgan fingerprint density at radius 3 is 2.38 bits per heavy atom. The smallest absolute Gasteiger partial charge is 0.245 e. The van der Waals surface area contributed by atoms with Gasteiger partial charge in [-0.15, -0.1) is 13.2 Å². The van der Waals surface area contributed by atoms with Gasteiger partial charge in [-0.2, -0.15) is 4.31 Å². The van der Waals surface area contributed by atoms with Crippen LogP contribution >= 0.6 is 0 Å². The van der Waals surface area contributed by atoms with Gasteiger partial charge in [-0.1, -0.05) is 12.2 Å². The summed E-state index contributed by atoms with van der Waals surface area (Å²) in [6.07, 6.45) is 5.94. The van der Waals surface area contributed by atoms with Gasteiger partial charge in [-0.25, -0.2) is 8.42 Å². The summed E-state index contributed by atoms with van der Waals surface area (Å²) < 4.78 is 25.5. The molecule has 86 valence electrons. The Balaban J connectivity index is 3.07. The van der Waals surface area contributed by atoms with Crippen LogP contribution in [0.25, 0.3) is 0 Å². The van der Waals surface area contributed by atoms with Gasteiger partial charge in [-0.05, 0) is 12.1 Å². The zero-order valence-corrected chi connectivity index (χ0v) is 9.73. The molecule has 0 amide bonds. The van der Waals surface area contributed by atoms with E-state index in [-0.39, 0.29) is 18.0 Å². The molecular formula is C11H14N2O2S. The van der Waals surface area contributed by atoms with Gasteiger partial charge < -0.3 is 0 Å². The third-order valence-corrected chi connectivity index (χ3v) is 3.75. The monoisotopic (exact) mass is 238 g/mol. The summed E-state index contributed by atoms with van der Waals surface area (Å²) in [4.78, 5) is 3.98. The number of hydrogen-bond donors (Lipinski definition) is 0. The molecule has 0 bridgehead atoms. The van der Waals surface area contributed by atoms with Crippen molar-refractivity contribution in [3.05, 3.63) is 49.8 Å². The highest BCUT2D eigenvalue weighted by atomic mass is 32.2. The van der Waals surface area contributed by atoms with Crippen LogP contribution in [-0.2, 0) is 10.0 Å². The topological polar surface area (TPSA) is 50.3 Å². The molecule has 0 aliphatic carbocycles. The van der Waals surface area contributed by atoms with Gasteiger partial charge in [0.05, 0.1) is 0 Å². The molecule has 0 radical (unpaired) electrons. The van der Waals surface area contributed by atoms with Crippen LogP contribution in [0, 0.1) is 0 Å². The van der Waals surface area contributed by atoms with E-state index in [1.807, 2.05) is 0 Å². The fourth-order valence-corrected chi connectivity index (χ4v) is 2.55. The minimum absolute atomic E-state index is 0.179. The fraction of sp³-hybridized carbons (Fsp3) is 0.182. The molecule has 0 saturated heterocycles. The molecule has 4 nitrogen and oxygen atoms in total. The molecule has 0 aliphatic heterocycles. The predicted molar refractivity (Wildman–Crippen MR) is 63.4 cm³/mol. The van der Waals surface area contributed by atoms with Gasteiger partial charge in [0.25, 0.3) is 0 Å². The van der Waals surface area contributed by atoms with Gasteiger partial charge in [0, 0.05) is 25.5 Å². The largest absolute Gasteiger partial charge is 0.263 e. The molecule has 1 rings (SSSR count). The lowest BCUT2D eigenvalue weighted by Gasteiger charge is -2.18. The van der Waals surface area contributed by atoms with E-state index in [1.165, 1.54) is 34.9 Å². The van der Waals surface area contributed by atoms with Crippen molar-refractivity contribution in [1.82, 2.24) is 9.29 Å². The van der Waals surface area contributed by atoms with Crippen molar-refractivity contribution in [3.8, 4) is 0 Å². The van der Waals surface area contributed by atoms with Crippen molar-refractivity contribution in [2.45, 2.75) is 4.90 Å². The highest BCUT2D eigenvalue weighted by Crippen LogP contribution is 2.13. The Hall–Kier alpha value is -1.46.